The van der Waals surface area contributed by atoms with E-state index in [0.717, 1.165) is 5.69 Å². The van der Waals surface area contributed by atoms with E-state index in [0.29, 0.717) is 10.6 Å². The Kier molecular flexibility index (Phi) is 3.29. The Hall–Kier alpha value is -1.61. The summed E-state index contributed by atoms with van der Waals surface area (Å²) in [5, 5.41) is 4.82. The zero-order chi connectivity index (χ0) is 12.4. The summed E-state index contributed by atoms with van der Waals surface area (Å²) >= 11 is 5.91. The first kappa shape index (κ1) is 11.9. The van der Waals surface area contributed by atoms with E-state index >= 15 is 0 Å². The molecule has 4 heteroatoms. The fraction of sp³-hybridized carbons (Fsp3) is 0.231. The summed E-state index contributed by atoms with van der Waals surface area (Å²) in [6, 6.07) is 7.35. The molecule has 0 saturated carbocycles. The van der Waals surface area contributed by atoms with Gasteiger partial charge in [0.15, 0.2) is 5.78 Å². The van der Waals surface area contributed by atoms with Gasteiger partial charge in [0, 0.05) is 17.1 Å². The fourth-order valence-electron chi connectivity index (χ4n) is 1.54. The zero-order valence-electron chi connectivity index (χ0n) is 9.72. The standard InChI is InChI=1S/C13H13ClN2O/c1-9(2)13(17)10-7-15-16(8-10)12-5-3-4-11(14)6-12/h3-9H,1-2H3. The molecule has 0 spiro atoms. The lowest BCUT2D eigenvalue weighted by molar-refractivity contribution is 0.0939. The minimum atomic E-state index is -0.0213. The third-order valence-electron chi connectivity index (χ3n) is 2.46. The van der Waals surface area contributed by atoms with Crippen molar-refractivity contribution >= 4 is 17.4 Å². The maximum absolute atomic E-state index is 11.8. The molecule has 0 radical (unpaired) electrons. The van der Waals surface area contributed by atoms with E-state index in [1.165, 1.54) is 0 Å². The second-order valence-corrected chi connectivity index (χ2v) is 4.61. The minimum absolute atomic E-state index is 0.0213. The Labute approximate surface area is 105 Å². The third-order valence-corrected chi connectivity index (χ3v) is 2.70. The first-order valence-corrected chi connectivity index (χ1v) is 5.80. The van der Waals surface area contributed by atoms with Gasteiger partial charge in [-0.1, -0.05) is 31.5 Å². The second kappa shape index (κ2) is 4.72. The topological polar surface area (TPSA) is 34.9 Å². The van der Waals surface area contributed by atoms with Crippen LogP contribution in [-0.4, -0.2) is 15.6 Å². The van der Waals surface area contributed by atoms with Crippen molar-refractivity contribution in [3.05, 3.63) is 47.2 Å². The van der Waals surface area contributed by atoms with Crippen LogP contribution in [0.1, 0.15) is 24.2 Å². The summed E-state index contributed by atoms with van der Waals surface area (Å²) in [5.41, 5.74) is 1.47. The summed E-state index contributed by atoms with van der Waals surface area (Å²) in [6.45, 7) is 3.75. The number of hydrogen-bond donors (Lipinski definition) is 0. The number of rotatable bonds is 3. The highest BCUT2D eigenvalue weighted by molar-refractivity contribution is 6.30. The molecule has 0 fully saturated rings. The van der Waals surface area contributed by atoms with Crippen LogP contribution in [0.5, 0.6) is 0 Å². The Morgan fingerprint density at radius 2 is 2.18 bits per heavy atom. The van der Waals surface area contributed by atoms with Gasteiger partial charge in [-0.3, -0.25) is 4.79 Å². The van der Waals surface area contributed by atoms with Crippen molar-refractivity contribution in [3.63, 3.8) is 0 Å². The molecule has 0 aliphatic heterocycles. The van der Waals surface area contributed by atoms with Crippen LogP contribution in [0.4, 0.5) is 0 Å². The molecule has 0 unspecified atom stereocenters. The monoisotopic (exact) mass is 248 g/mol. The number of Topliss-reactive ketones (excluding diaryl/α,β-unsaturated/α-hetero) is 1. The lowest BCUT2D eigenvalue weighted by Crippen LogP contribution is -2.06. The van der Waals surface area contributed by atoms with Gasteiger partial charge in [-0.25, -0.2) is 4.68 Å². The molecule has 0 bridgehead atoms. The fourth-order valence-corrected chi connectivity index (χ4v) is 1.73. The van der Waals surface area contributed by atoms with Crippen LogP contribution in [0.25, 0.3) is 5.69 Å². The van der Waals surface area contributed by atoms with E-state index in [-0.39, 0.29) is 11.7 Å². The number of hydrogen-bond acceptors (Lipinski definition) is 2. The molecule has 0 atom stereocenters. The number of carbonyl (C=O) groups excluding carboxylic acids is 1. The summed E-state index contributed by atoms with van der Waals surface area (Å²) in [7, 11) is 0. The van der Waals surface area contributed by atoms with Gasteiger partial charge in [-0.05, 0) is 18.2 Å². The van der Waals surface area contributed by atoms with Crippen LogP contribution in [0.3, 0.4) is 0 Å². The van der Waals surface area contributed by atoms with Gasteiger partial charge in [0.2, 0.25) is 0 Å². The van der Waals surface area contributed by atoms with Crippen LogP contribution >= 0.6 is 11.6 Å². The van der Waals surface area contributed by atoms with Gasteiger partial charge in [0.1, 0.15) is 0 Å². The minimum Gasteiger partial charge on any atom is -0.294 e. The van der Waals surface area contributed by atoms with Crippen LogP contribution in [0.2, 0.25) is 5.02 Å². The third kappa shape index (κ3) is 2.56. The molecule has 88 valence electrons. The number of halogens is 1. The smallest absolute Gasteiger partial charge is 0.168 e. The molecular formula is C13H13ClN2O. The summed E-state index contributed by atoms with van der Waals surface area (Å²) < 4.78 is 1.65. The Bertz CT molecular complexity index is 546. The van der Waals surface area contributed by atoms with Gasteiger partial charge in [-0.2, -0.15) is 5.10 Å². The normalized spacial score (nSPS) is 10.8. The molecule has 1 heterocycles. The zero-order valence-corrected chi connectivity index (χ0v) is 10.5. The number of ketones is 1. The molecule has 0 amide bonds. The maximum atomic E-state index is 11.8. The molecule has 2 aromatic rings. The number of carbonyl (C=O) groups is 1. The predicted octanol–water partition coefficient (Wildman–Crippen LogP) is 3.36. The average molecular weight is 249 g/mol. The Morgan fingerprint density at radius 3 is 2.82 bits per heavy atom. The van der Waals surface area contributed by atoms with E-state index in [1.54, 1.807) is 29.2 Å². The number of benzene rings is 1. The molecule has 17 heavy (non-hydrogen) atoms. The highest BCUT2D eigenvalue weighted by atomic mass is 35.5. The molecule has 0 N–H and O–H groups in total. The van der Waals surface area contributed by atoms with Gasteiger partial charge >= 0.3 is 0 Å². The van der Waals surface area contributed by atoms with E-state index in [4.69, 9.17) is 11.6 Å². The molecular weight excluding hydrogens is 236 g/mol. The second-order valence-electron chi connectivity index (χ2n) is 4.17. The van der Waals surface area contributed by atoms with E-state index < -0.39 is 0 Å². The number of nitrogens with zero attached hydrogens (tertiary/aromatic N) is 2. The van der Waals surface area contributed by atoms with Crippen LogP contribution in [0, 0.1) is 5.92 Å². The highest BCUT2D eigenvalue weighted by Crippen LogP contribution is 2.15. The van der Waals surface area contributed by atoms with Gasteiger partial charge in [0.25, 0.3) is 0 Å². The molecule has 3 nitrogen and oxygen atoms in total. The molecule has 1 aromatic carbocycles. The summed E-state index contributed by atoms with van der Waals surface area (Å²) in [6.07, 6.45) is 3.32. The Balaban J connectivity index is 2.33. The quantitative estimate of drug-likeness (QED) is 0.781. The van der Waals surface area contributed by atoms with E-state index in [1.807, 2.05) is 26.0 Å². The first-order valence-electron chi connectivity index (χ1n) is 5.43. The van der Waals surface area contributed by atoms with Crippen molar-refractivity contribution in [1.82, 2.24) is 9.78 Å². The van der Waals surface area contributed by atoms with Crippen molar-refractivity contribution in [2.45, 2.75) is 13.8 Å². The first-order chi connectivity index (χ1) is 8.08. The highest BCUT2D eigenvalue weighted by Gasteiger charge is 2.12. The lowest BCUT2D eigenvalue weighted by atomic mass is 10.0. The van der Waals surface area contributed by atoms with Gasteiger partial charge in [0.05, 0.1) is 17.4 Å². The van der Waals surface area contributed by atoms with Crippen molar-refractivity contribution in [2.75, 3.05) is 0 Å². The van der Waals surface area contributed by atoms with Crippen molar-refractivity contribution in [2.24, 2.45) is 5.92 Å². The van der Waals surface area contributed by atoms with Gasteiger partial charge in [-0.15, -0.1) is 0 Å². The van der Waals surface area contributed by atoms with Crippen LogP contribution < -0.4 is 0 Å². The van der Waals surface area contributed by atoms with Crippen molar-refractivity contribution in [3.8, 4) is 5.69 Å². The molecule has 1 aromatic heterocycles. The lowest BCUT2D eigenvalue weighted by Gasteiger charge is -2.01. The largest absolute Gasteiger partial charge is 0.294 e. The summed E-state index contributed by atoms with van der Waals surface area (Å²) in [4.78, 5) is 11.8. The maximum Gasteiger partial charge on any atom is 0.168 e. The molecule has 0 aliphatic rings. The average Bonchev–Trinajstić information content (AvgIpc) is 2.77. The number of aromatic nitrogens is 2. The SMILES string of the molecule is CC(C)C(=O)c1cnn(-c2cccc(Cl)c2)c1. The summed E-state index contributed by atoms with van der Waals surface area (Å²) in [5.74, 6) is 0.0743. The molecule has 0 saturated heterocycles. The van der Waals surface area contributed by atoms with Crippen molar-refractivity contribution < 1.29 is 4.79 Å². The predicted molar refractivity (Wildman–Crippen MR) is 67.7 cm³/mol. The van der Waals surface area contributed by atoms with E-state index in [9.17, 15) is 4.79 Å². The van der Waals surface area contributed by atoms with Crippen LogP contribution in [0.15, 0.2) is 36.7 Å². The molecule has 2 rings (SSSR count). The Morgan fingerprint density at radius 1 is 1.41 bits per heavy atom. The van der Waals surface area contributed by atoms with Crippen LogP contribution in [-0.2, 0) is 0 Å². The molecule has 0 aliphatic carbocycles. The van der Waals surface area contributed by atoms with Gasteiger partial charge < -0.3 is 0 Å². The van der Waals surface area contributed by atoms with Crippen molar-refractivity contribution in [1.29, 1.82) is 0 Å². The van der Waals surface area contributed by atoms with E-state index in [2.05, 4.69) is 5.10 Å².